The number of nitrogens with zero attached hydrogens (tertiary/aromatic N) is 2. The summed E-state index contributed by atoms with van der Waals surface area (Å²) in [5.74, 6) is -2.79. The Kier molecular flexibility index (Phi) is 6.58. The van der Waals surface area contributed by atoms with Crippen LogP contribution in [0.5, 0.6) is 0 Å². The molecule has 0 spiro atoms. The third-order valence-corrected chi connectivity index (χ3v) is 9.82. The molecule has 1 aliphatic heterocycles. The van der Waals surface area contributed by atoms with Gasteiger partial charge in [-0.25, -0.2) is 25.6 Å². The highest BCUT2D eigenvalue weighted by molar-refractivity contribution is 7.92. The molecule has 0 radical (unpaired) electrons. The van der Waals surface area contributed by atoms with Crippen LogP contribution in [0.2, 0.25) is 10.0 Å². The van der Waals surface area contributed by atoms with E-state index in [2.05, 4.69) is 0 Å². The predicted molar refractivity (Wildman–Crippen MR) is 109 cm³/mol. The zero-order valence-corrected chi connectivity index (χ0v) is 19.0. The minimum atomic E-state index is -4.92. The molecule has 1 saturated heterocycles. The summed E-state index contributed by atoms with van der Waals surface area (Å²) in [6.07, 6.45) is 0. The Morgan fingerprint density at radius 2 is 1.78 bits per heavy atom. The Balaban J connectivity index is 2.09. The number of aliphatic hydroxyl groups is 2. The van der Waals surface area contributed by atoms with E-state index in [0.717, 1.165) is 12.1 Å². The number of rotatable bonds is 5. The first-order chi connectivity index (χ1) is 14.8. The Hall–Kier alpha value is -1.85. The van der Waals surface area contributed by atoms with E-state index in [1.807, 2.05) is 0 Å². The molecule has 2 aromatic rings. The third kappa shape index (κ3) is 4.10. The number of benzene rings is 2. The van der Waals surface area contributed by atoms with Gasteiger partial charge in [0.2, 0.25) is 10.0 Å². The largest absolute Gasteiger partial charge is 0.393 e. The second kappa shape index (κ2) is 8.49. The number of β-amino-alcohol motifs (C(OH)–C–C–N with tert-alkyl or cyclic N) is 1. The van der Waals surface area contributed by atoms with Crippen molar-refractivity contribution in [3.63, 3.8) is 0 Å². The van der Waals surface area contributed by atoms with E-state index in [1.165, 1.54) is 12.1 Å². The molecule has 2 aromatic carbocycles. The number of halogens is 4. The van der Waals surface area contributed by atoms with Crippen LogP contribution in [0.3, 0.4) is 0 Å². The highest BCUT2D eigenvalue weighted by Crippen LogP contribution is 2.37. The summed E-state index contributed by atoms with van der Waals surface area (Å²) < 4.78 is 81.2. The first-order valence-corrected chi connectivity index (χ1v) is 12.4. The molecular formula is C18H14Cl2F2N2O6S2. The van der Waals surface area contributed by atoms with E-state index < -0.39 is 77.4 Å². The molecule has 2 atom stereocenters. The maximum absolute atomic E-state index is 14.4. The maximum Gasteiger partial charge on any atom is 0.244 e. The molecule has 0 saturated carbocycles. The molecular weight excluding hydrogens is 513 g/mol. The van der Waals surface area contributed by atoms with Crippen LogP contribution in [-0.2, 0) is 19.9 Å². The minimum Gasteiger partial charge on any atom is -0.393 e. The van der Waals surface area contributed by atoms with Gasteiger partial charge in [0.05, 0.1) is 17.2 Å². The zero-order valence-electron chi connectivity index (χ0n) is 15.8. The van der Waals surface area contributed by atoms with Gasteiger partial charge in [-0.3, -0.25) is 0 Å². The quantitative estimate of drug-likeness (QED) is 0.605. The van der Waals surface area contributed by atoms with Gasteiger partial charge < -0.3 is 10.2 Å². The van der Waals surface area contributed by atoms with Crippen LogP contribution in [0, 0.1) is 23.0 Å². The van der Waals surface area contributed by atoms with Gasteiger partial charge in [-0.2, -0.15) is 9.57 Å². The van der Waals surface area contributed by atoms with Gasteiger partial charge in [0.1, 0.15) is 38.3 Å². The normalized spacial score (nSPS) is 22.1. The number of sulfonamides is 1. The third-order valence-electron chi connectivity index (χ3n) is 5.03. The molecule has 172 valence electrons. The fourth-order valence-electron chi connectivity index (χ4n) is 3.36. The summed E-state index contributed by atoms with van der Waals surface area (Å²) >= 11 is 11.7. The molecule has 0 amide bonds. The van der Waals surface area contributed by atoms with Crippen LogP contribution in [0.4, 0.5) is 8.78 Å². The summed E-state index contributed by atoms with van der Waals surface area (Å²) in [5, 5.41) is 27.0. The van der Waals surface area contributed by atoms with Crippen molar-refractivity contribution in [3.8, 4) is 6.07 Å². The van der Waals surface area contributed by atoms with Gasteiger partial charge in [-0.05, 0) is 30.3 Å². The van der Waals surface area contributed by atoms with Crippen LogP contribution >= 0.6 is 23.2 Å². The first-order valence-electron chi connectivity index (χ1n) is 8.69. The first kappa shape index (κ1) is 24.8. The van der Waals surface area contributed by atoms with Gasteiger partial charge in [-0.15, -0.1) is 0 Å². The molecule has 1 fully saturated rings. The van der Waals surface area contributed by atoms with Crippen LogP contribution in [-0.4, -0.2) is 61.9 Å². The number of aliphatic hydroxyl groups excluding tert-OH is 1. The number of hydrogen-bond acceptors (Lipinski definition) is 7. The molecule has 3 rings (SSSR count). The predicted octanol–water partition coefficient (Wildman–Crippen LogP) is 1.71. The molecule has 1 heterocycles. The van der Waals surface area contributed by atoms with Crippen LogP contribution in [0.15, 0.2) is 40.1 Å². The number of nitriles is 1. The van der Waals surface area contributed by atoms with E-state index in [1.54, 1.807) is 0 Å². The van der Waals surface area contributed by atoms with Gasteiger partial charge in [-0.1, -0.05) is 23.2 Å². The fraction of sp³-hybridized carbons (Fsp3) is 0.278. The smallest absolute Gasteiger partial charge is 0.244 e. The van der Waals surface area contributed by atoms with Crippen molar-refractivity contribution >= 4 is 43.1 Å². The highest BCUT2D eigenvalue weighted by atomic mass is 35.5. The summed E-state index contributed by atoms with van der Waals surface area (Å²) in [6.45, 7) is -2.95. The van der Waals surface area contributed by atoms with Crippen molar-refractivity contribution in [1.29, 1.82) is 5.26 Å². The number of sulfone groups is 1. The van der Waals surface area contributed by atoms with Crippen molar-refractivity contribution in [2.75, 3.05) is 19.7 Å². The fourth-order valence-corrected chi connectivity index (χ4v) is 7.72. The van der Waals surface area contributed by atoms with Gasteiger partial charge >= 0.3 is 0 Å². The SMILES string of the molecule is N#Cc1cc(F)c(S(=O)(=O)[C@H]2CN(S(=O)(=O)c3ccc(Cl)cc3Cl)C[C@]2(O)CO)cc1F. The molecule has 32 heavy (non-hydrogen) atoms. The Labute approximate surface area is 192 Å². The molecule has 8 nitrogen and oxygen atoms in total. The van der Waals surface area contributed by atoms with Crippen molar-refractivity contribution < 1.29 is 35.8 Å². The maximum atomic E-state index is 14.4. The van der Waals surface area contributed by atoms with Crippen LogP contribution in [0.1, 0.15) is 5.56 Å². The lowest BCUT2D eigenvalue weighted by atomic mass is 10.1. The second-order valence-electron chi connectivity index (χ2n) is 7.04. The molecule has 1 aliphatic rings. The summed E-state index contributed by atoms with van der Waals surface area (Å²) in [5.41, 5.74) is -3.28. The van der Waals surface area contributed by atoms with Gasteiger partial charge in [0, 0.05) is 18.1 Å². The zero-order chi connectivity index (χ0) is 24.1. The molecule has 0 aliphatic carbocycles. The van der Waals surface area contributed by atoms with Crippen molar-refractivity contribution in [1.82, 2.24) is 4.31 Å². The van der Waals surface area contributed by atoms with Gasteiger partial charge in [0.25, 0.3) is 0 Å². The van der Waals surface area contributed by atoms with E-state index in [4.69, 9.17) is 28.5 Å². The summed E-state index contributed by atoms with van der Waals surface area (Å²) in [4.78, 5) is -1.62. The Morgan fingerprint density at radius 1 is 1.12 bits per heavy atom. The Bertz CT molecular complexity index is 1350. The van der Waals surface area contributed by atoms with Crippen molar-refractivity contribution in [2.45, 2.75) is 20.6 Å². The number of hydrogen-bond donors (Lipinski definition) is 2. The van der Waals surface area contributed by atoms with Crippen LogP contribution < -0.4 is 0 Å². The molecule has 0 unspecified atom stereocenters. The standard InChI is InChI=1S/C18H14Cl2F2N2O6S2/c19-11-1-2-15(12(20)4-11)32(29,30)24-7-17(18(26,8-24)9-25)31(27,28)16-5-13(21)10(6-23)3-14(16)22/h1-5,17,25-26H,7-9H2/t17-,18-/m0/s1. The lowest BCUT2D eigenvalue weighted by Crippen LogP contribution is -2.49. The minimum absolute atomic E-state index is 0.140. The molecule has 0 bridgehead atoms. The van der Waals surface area contributed by atoms with E-state index in [9.17, 15) is 35.8 Å². The van der Waals surface area contributed by atoms with E-state index in [-0.39, 0.29) is 16.1 Å². The lowest BCUT2D eigenvalue weighted by molar-refractivity contribution is 0.00157. The van der Waals surface area contributed by atoms with Crippen LogP contribution in [0.25, 0.3) is 0 Å². The Morgan fingerprint density at radius 3 is 2.34 bits per heavy atom. The average molecular weight is 527 g/mol. The molecule has 0 aromatic heterocycles. The van der Waals surface area contributed by atoms with Crippen molar-refractivity contribution in [3.05, 3.63) is 57.6 Å². The highest BCUT2D eigenvalue weighted by Gasteiger charge is 2.55. The summed E-state index contributed by atoms with van der Waals surface area (Å²) in [7, 11) is -9.40. The van der Waals surface area contributed by atoms with E-state index in [0.29, 0.717) is 10.4 Å². The topological polar surface area (TPSA) is 136 Å². The summed E-state index contributed by atoms with van der Waals surface area (Å²) in [6, 6.07) is 5.46. The second-order valence-corrected chi connectivity index (χ2v) is 11.9. The molecule has 14 heteroatoms. The lowest BCUT2D eigenvalue weighted by Gasteiger charge is -2.26. The molecule has 2 N–H and O–H groups in total. The van der Waals surface area contributed by atoms with Crippen molar-refractivity contribution in [2.24, 2.45) is 0 Å². The van der Waals surface area contributed by atoms with E-state index >= 15 is 0 Å². The van der Waals surface area contributed by atoms with Gasteiger partial charge in [0.15, 0.2) is 9.84 Å². The monoisotopic (exact) mass is 526 g/mol. The average Bonchev–Trinajstić information content (AvgIpc) is 3.09.